The number of rotatable bonds is 3. The van der Waals surface area contributed by atoms with E-state index in [0.717, 1.165) is 41.4 Å². The van der Waals surface area contributed by atoms with E-state index in [1.165, 1.54) is 9.80 Å². The zero-order chi connectivity index (χ0) is 19.0. The molecular formula is C20H20BrClN3O2+. The first-order valence-corrected chi connectivity index (χ1v) is 10.2. The number of imide groups is 1. The summed E-state index contributed by atoms with van der Waals surface area (Å²) >= 11 is 9.69. The van der Waals surface area contributed by atoms with E-state index in [1.807, 2.05) is 36.4 Å². The highest BCUT2D eigenvalue weighted by atomic mass is 79.9. The van der Waals surface area contributed by atoms with Gasteiger partial charge >= 0.3 is 0 Å². The molecule has 5 nitrogen and oxygen atoms in total. The largest absolute Gasteiger partial charge is 0.359 e. The Kier molecular flexibility index (Phi) is 5.21. The summed E-state index contributed by atoms with van der Waals surface area (Å²) in [6.07, 6.45) is 0.274. The molecule has 2 aromatic carbocycles. The second kappa shape index (κ2) is 7.62. The lowest BCUT2D eigenvalue weighted by atomic mass is 10.1. The molecule has 2 aliphatic heterocycles. The summed E-state index contributed by atoms with van der Waals surface area (Å²) in [5.41, 5.74) is 1.67. The third kappa shape index (κ3) is 3.61. The summed E-state index contributed by atoms with van der Waals surface area (Å²) in [6.45, 7) is 3.25. The molecule has 1 atom stereocenters. The number of halogens is 2. The van der Waals surface area contributed by atoms with E-state index in [4.69, 9.17) is 11.6 Å². The van der Waals surface area contributed by atoms with Gasteiger partial charge in [0, 0.05) is 4.47 Å². The first-order chi connectivity index (χ1) is 13.0. The van der Waals surface area contributed by atoms with Crippen LogP contribution in [0.25, 0.3) is 0 Å². The van der Waals surface area contributed by atoms with Crippen molar-refractivity contribution >= 4 is 50.7 Å². The van der Waals surface area contributed by atoms with Gasteiger partial charge in [-0.25, -0.2) is 4.90 Å². The maximum absolute atomic E-state index is 12.9. The van der Waals surface area contributed by atoms with Crippen molar-refractivity contribution in [2.45, 2.75) is 12.5 Å². The van der Waals surface area contributed by atoms with Crippen molar-refractivity contribution in [1.82, 2.24) is 0 Å². The van der Waals surface area contributed by atoms with E-state index in [0.29, 0.717) is 5.69 Å². The number of amides is 2. The highest BCUT2D eigenvalue weighted by molar-refractivity contribution is 9.10. The quantitative estimate of drug-likeness (QED) is 0.730. The number of hydrogen-bond donors (Lipinski definition) is 1. The van der Waals surface area contributed by atoms with Crippen molar-refractivity contribution in [3.63, 3.8) is 0 Å². The molecule has 0 aromatic heterocycles. The minimum Gasteiger partial charge on any atom is -0.359 e. The van der Waals surface area contributed by atoms with Crippen molar-refractivity contribution in [3.05, 3.63) is 58.0 Å². The molecule has 2 aliphatic rings. The van der Waals surface area contributed by atoms with E-state index in [2.05, 4.69) is 20.8 Å². The predicted molar refractivity (Wildman–Crippen MR) is 109 cm³/mol. The van der Waals surface area contributed by atoms with Crippen LogP contribution in [0.1, 0.15) is 6.42 Å². The summed E-state index contributed by atoms with van der Waals surface area (Å²) in [5.74, 6) is -0.211. The molecule has 0 saturated carbocycles. The lowest BCUT2D eigenvalue weighted by Gasteiger charge is -2.36. The van der Waals surface area contributed by atoms with Gasteiger partial charge in [0.2, 0.25) is 5.91 Å². The number of piperazine rings is 1. The Morgan fingerprint density at radius 3 is 2.33 bits per heavy atom. The molecule has 0 radical (unpaired) electrons. The number of nitrogens with zero attached hydrogens (tertiary/aromatic N) is 2. The van der Waals surface area contributed by atoms with Gasteiger partial charge in [0.1, 0.15) is 0 Å². The van der Waals surface area contributed by atoms with Gasteiger partial charge in [0.15, 0.2) is 6.04 Å². The molecular weight excluding hydrogens is 430 g/mol. The number of carbonyl (C=O) groups is 2. The predicted octanol–water partition coefficient (Wildman–Crippen LogP) is 2.14. The number of quaternary nitrogens is 1. The highest BCUT2D eigenvalue weighted by Gasteiger charge is 2.46. The second-order valence-corrected chi connectivity index (χ2v) is 8.22. The first kappa shape index (κ1) is 18.5. The molecule has 2 amide bonds. The van der Waals surface area contributed by atoms with E-state index in [-0.39, 0.29) is 24.3 Å². The zero-order valence-electron chi connectivity index (χ0n) is 14.7. The van der Waals surface area contributed by atoms with Gasteiger partial charge in [0.25, 0.3) is 5.91 Å². The molecule has 0 unspecified atom stereocenters. The van der Waals surface area contributed by atoms with Crippen LogP contribution in [0.3, 0.4) is 0 Å². The number of benzene rings is 2. The fourth-order valence-electron chi connectivity index (χ4n) is 3.90. The van der Waals surface area contributed by atoms with Gasteiger partial charge < -0.3 is 9.80 Å². The Morgan fingerprint density at radius 1 is 1.00 bits per heavy atom. The smallest absolute Gasteiger partial charge is 0.292 e. The number of carbonyl (C=O) groups excluding carboxylic acids is 2. The van der Waals surface area contributed by atoms with E-state index in [1.54, 1.807) is 12.1 Å². The van der Waals surface area contributed by atoms with Crippen molar-refractivity contribution in [2.24, 2.45) is 0 Å². The van der Waals surface area contributed by atoms with Gasteiger partial charge in [-0.3, -0.25) is 9.59 Å². The molecule has 2 fully saturated rings. The monoisotopic (exact) mass is 448 g/mol. The molecule has 1 N–H and O–H groups in total. The van der Waals surface area contributed by atoms with Crippen molar-refractivity contribution in [2.75, 3.05) is 36.0 Å². The Hall–Kier alpha value is -1.89. The Labute approximate surface area is 171 Å². The second-order valence-electron chi connectivity index (χ2n) is 6.90. The molecule has 140 valence electrons. The summed E-state index contributed by atoms with van der Waals surface area (Å²) in [5, 5.41) is 0.745. The molecule has 2 saturated heterocycles. The van der Waals surface area contributed by atoms with Crippen molar-refractivity contribution < 1.29 is 14.5 Å². The lowest BCUT2D eigenvalue weighted by Crippen LogP contribution is -3.19. The average molecular weight is 450 g/mol. The summed E-state index contributed by atoms with van der Waals surface area (Å²) in [7, 11) is 0. The maximum atomic E-state index is 12.9. The fraction of sp³-hybridized carbons (Fsp3) is 0.300. The Balaban J connectivity index is 1.44. The number of nitrogens with one attached hydrogen (secondary N) is 1. The van der Waals surface area contributed by atoms with E-state index >= 15 is 0 Å². The van der Waals surface area contributed by atoms with Crippen LogP contribution in [-0.2, 0) is 9.59 Å². The summed E-state index contributed by atoms with van der Waals surface area (Å²) in [4.78, 5) is 30.2. The fourth-order valence-corrected chi connectivity index (χ4v) is 4.42. The van der Waals surface area contributed by atoms with Crippen LogP contribution >= 0.6 is 27.5 Å². The molecule has 0 spiro atoms. The molecule has 4 rings (SSSR count). The summed E-state index contributed by atoms with van der Waals surface area (Å²) < 4.78 is 0.920. The SMILES string of the molecule is O=C1C[C@@H]([NH+]2CCN(c3ccccc3Cl)CC2)C(=O)N1c1ccc(Br)cc1. The van der Waals surface area contributed by atoms with E-state index in [9.17, 15) is 9.59 Å². The number of hydrogen-bond acceptors (Lipinski definition) is 3. The van der Waals surface area contributed by atoms with Gasteiger partial charge in [-0.15, -0.1) is 0 Å². The highest BCUT2D eigenvalue weighted by Crippen LogP contribution is 2.26. The first-order valence-electron chi connectivity index (χ1n) is 9.01. The standard InChI is InChI=1S/C20H19BrClN3O2/c21-14-5-7-15(8-6-14)25-19(26)13-18(20(25)27)24-11-9-23(10-12-24)17-4-2-1-3-16(17)22/h1-8,18H,9-13H2/p+1/t18-/m1/s1. The van der Waals surface area contributed by atoms with Gasteiger partial charge in [-0.2, -0.15) is 0 Å². The topological polar surface area (TPSA) is 45.1 Å². The number of para-hydroxylation sites is 1. The molecule has 2 aromatic rings. The van der Waals surface area contributed by atoms with Gasteiger partial charge in [0.05, 0.1) is 49.0 Å². The number of anilines is 2. The summed E-state index contributed by atoms with van der Waals surface area (Å²) in [6, 6.07) is 14.8. The van der Waals surface area contributed by atoms with Gasteiger partial charge in [-0.05, 0) is 36.4 Å². The van der Waals surface area contributed by atoms with Gasteiger partial charge in [-0.1, -0.05) is 39.7 Å². The molecule has 7 heteroatoms. The van der Waals surface area contributed by atoms with Crippen molar-refractivity contribution in [3.8, 4) is 0 Å². The lowest BCUT2D eigenvalue weighted by molar-refractivity contribution is -0.915. The Bertz CT molecular complexity index is 866. The third-order valence-electron chi connectivity index (χ3n) is 5.32. The van der Waals surface area contributed by atoms with Crippen LogP contribution in [0.5, 0.6) is 0 Å². The van der Waals surface area contributed by atoms with E-state index < -0.39 is 0 Å². The molecule has 27 heavy (non-hydrogen) atoms. The normalized spacial score (nSPS) is 21.2. The van der Waals surface area contributed by atoms with Crippen LogP contribution in [0.2, 0.25) is 5.02 Å². The van der Waals surface area contributed by atoms with Crippen LogP contribution in [-0.4, -0.2) is 44.0 Å². The zero-order valence-corrected chi connectivity index (χ0v) is 17.0. The molecule has 0 bridgehead atoms. The van der Waals surface area contributed by atoms with Crippen LogP contribution in [0, 0.1) is 0 Å². The molecule has 0 aliphatic carbocycles. The minimum atomic E-state index is -0.297. The minimum absolute atomic E-state index is 0.0940. The van der Waals surface area contributed by atoms with Crippen LogP contribution in [0.4, 0.5) is 11.4 Å². The third-order valence-corrected chi connectivity index (χ3v) is 6.17. The average Bonchev–Trinajstić information content (AvgIpc) is 2.97. The Morgan fingerprint density at radius 2 is 1.67 bits per heavy atom. The van der Waals surface area contributed by atoms with Crippen molar-refractivity contribution in [1.29, 1.82) is 0 Å². The molecule has 2 heterocycles. The maximum Gasteiger partial charge on any atom is 0.292 e. The van der Waals surface area contributed by atoms with Crippen LogP contribution < -0.4 is 14.7 Å². The van der Waals surface area contributed by atoms with Crippen LogP contribution in [0.15, 0.2) is 53.0 Å².